The second kappa shape index (κ2) is 18.1. The van der Waals surface area contributed by atoms with Gasteiger partial charge in [-0.2, -0.15) is 0 Å². The molecule has 49 heavy (non-hydrogen) atoms. The van der Waals surface area contributed by atoms with E-state index in [1.807, 2.05) is 14.1 Å². The van der Waals surface area contributed by atoms with E-state index in [4.69, 9.17) is 0 Å². The first-order valence-electron chi connectivity index (χ1n) is 17.4. The summed E-state index contributed by atoms with van der Waals surface area (Å²) in [5.41, 5.74) is 5.23. The summed E-state index contributed by atoms with van der Waals surface area (Å²) in [7, 11) is 3.88. The van der Waals surface area contributed by atoms with Gasteiger partial charge in [-0.15, -0.1) is 0 Å². The Hall–Kier alpha value is -5.60. The molecule has 2 heteroatoms. The number of rotatable bonds is 5. The van der Waals surface area contributed by atoms with Crippen molar-refractivity contribution in [2.75, 3.05) is 24.7 Å². The van der Waals surface area contributed by atoms with Crippen LogP contribution in [0.4, 0.5) is 11.4 Å². The van der Waals surface area contributed by atoms with E-state index in [1.165, 1.54) is 72.7 Å². The summed E-state index contributed by atoms with van der Waals surface area (Å²) in [6.07, 6.45) is 3.52. The second-order valence-corrected chi connectivity index (χ2v) is 12.0. The van der Waals surface area contributed by atoms with Crippen LogP contribution in [0, 0.1) is 0 Å². The normalized spacial score (nSPS) is 10.3. The molecule has 8 aromatic carbocycles. The molecule has 246 valence electrons. The second-order valence-electron chi connectivity index (χ2n) is 12.0. The molecule has 0 radical (unpaired) electrons. The van der Waals surface area contributed by atoms with Crippen LogP contribution in [0.25, 0.3) is 43.1 Å². The van der Waals surface area contributed by atoms with Crippen molar-refractivity contribution in [1.82, 2.24) is 0 Å². The molecule has 0 aromatic heterocycles. The Kier molecular flexibility index (Phi) is 12.8. The summed E-state index contributed by atoms with van der Waals surface area (Å²) in [5, 5.41) is 16.8. The van der Waals surface area contributed by atoms with Crippen molar-refractivity contribution in [3.8, 4) is 0 Å². The van der Waals surface area contributed by atoms with Gasteiger partial charge in [-0.1, -0.05) is 172 Å². The smallest absolute Gasteiger partial charge is 0.0417 e. The van der Waals surface area contributed by atoms with E-state index in [-0.39, 0.29) is 0 Å². The van der Waals surface area contributed by atoms with Crippen LogP contribution in [-0.2, 0) is 12.8 Å². The number of benzene rings is 8. The summed E-state index contributed by atoms with van der Waals surface area (Å²) in [4.78, 5) is 0. The molecule has 0 aliphatic rings. The van der Waals surface area contributed by atoms with Crippen molar-refractivity contribution < 1.29 is 0 Å². The largest absolute Gasteiger partial charge is 0.388 e. The number of fused-ring (bicyclic) bond motifs is 4. The molecule has 0 fully saturated rings. The molecular weight excluding hydrogens is 593 g/mol. The van der Waals surface area contributed by atoms with Crippen LogP contribution in [0.15, 0.2) is 170 Å². The lowest BCUT2D eigenvalue weighted by Crippen LogP contribution is -1.88. The van der Waals surface area contributed by atoms with Crippen LogP contribution < -0.4 is 10.6 Å². The predicted octanol–water partition coefficient (Wildman–Crippen LogP) is 13.0. The van der Waals surface area contributed by atoms with Crippen LogP contribution in [0.5, 0.6) is 0 Å². The summed E-state index contributed by atoms with van der Waals surface area (Å²) in [6, 6.07) is 59.6. The maximum atomic E-state index is 3.17. The van der Waals surface area contributed by atoms with Gasteiger partial charge >= 0.3 is 0 Å². The summed E-state index contributed by atoms with van der Waals surface area (Å²) in [6.45, 7) is 4.41. The van der Waals surface area contributed by atoms with Crippen LogP contribution in [0.1, 0.15) is 31.4 Å². The molecular formula is C47H48N2. The minimum atomic E-state index is 1.11. The lowest BCUT2D eigenvalue weighted by Gasteiger charge is -2.04. The minimum absolute atomic E-state index is 1.11. The quantitative estimate of drug-likeness (QED) is 0.196. The highest BCUT2D eigenvalue weighted by molar-refractivity contribution is 5.93. The van der Waals surface area contributed by atoms with Gasteiger partial charge in [0, 0.05) is 30.9 Å². The summed E-state index contributed by atoms with van der Waals surface area (Å²) < 4.78 is 0. The number of aryl methyl sites for hydroxylation is 2. The Morgan fingerprint density at radius 3 is 1.53 bits per heavy atom. The van der Waals surface area contributed by atoms with E-state index < -0.39 is 0 Å². The molecule has 0 saturated heterocycles. The first-order chi connectivity index (χ1) is 24.1. The predicted molar refractivity (Wildman–Crippen MR) is 218 cm³/mol. The minimum Gasteiger partial charge on any atom is -0.388 e. The molecule has 2 nitrogen and oxygen atoms in total. The molecule has 8 rings (SSSR count). The molecule has 0 heterocycles. The topological polar surface area (TPSA) is 24.1 Å². The molecule has 0 bridgehead atoms. The SMILES string of the molecule is CCCc1ccc2ccccc2c1.CCc1cccc2ccccc12.CNc1ccc2ccccc2c1.CNc1cccc2ccccc12. The summed E-state index contributed by atoms with van der Waals surface area (Å²) >= 11 is 0. The first-order valence-corrected chi connectivity index (χ1v) is 17.4. The van der Waals surface area contributed by atoms with Gasteiger partial charge < -0.3 is 10.6 Å². The number of nitrogens with one attached hydrogen (secondary N) is 2. The monoisotopic (exact) mass is 640 g/mol. The highest BCUT2D eigenvalue weighted by Gasteiger charge is 1.97. The molecule has 0 saturated carbocycles. The highest BCUT2D eigenvalue weighted by Crippen LogP contribution is 2.22. The Morgan fingerprint density at radius 1 is 0.408 bits per heavy atom. The van der Waals surface area contributed by atoms with E-state index in [0.29, 0.717) is 0 Å². The van der Waals surface area contributed by atoms with Crippen LogP contribution in [-0.4, -0.2) is 14.1 Å². The maximum Gasteiger partial charge on any atom is 0.0417 e. The third-order valence-corrected chi connectivity index (χ3v) is 8.71. The molecule has 0 amide bonds. The van der Waals surface area contributed by atoms with E-state index >= 15 is 0 Å². The van der Waals surface area contributed by atoms with Gasteiger partial charge in [0.1, 0.15) is 0 Å². The Morgan fingerprint density at radius 2 is 0.918 bits per heavy atom. The van der Waals surface area contributed by atoms with Gasteiger partial charge in [0.25, 0.3) is 0 Å². The molecule has 0 spiro atoms. The first kappa shape index (κ1) is 34.7. The van der Waals surface area contributed by atoms with Crippen molar-refractivity contribution in [2.24, 2.45) is 0 Å². The zero-order valence-electron chi connectivity index (χ0n) is 29.3. The molecule has 0 atom stereocenters. The third kappa shape index (κ3) is 9.49. The van der Waals surface area contributed by atoms with Crippen molar-refractivity contribution in [3.63, 3.8) is 0 Å². The van der Waals surface area contributed by atoms with Crippen molar-refractivity contribution in [1.29, 1.82) is 0 Å². The number of hydrogen-bond acceptors (Lipinski definition) is 2. The maximum absolute atomic E-state index is 3.17. The zero-order valence-corrected chi connectivity index (χ0v) is 29.3. The fraction of sp³-hybridized carbons (Fsp3) is 0.149. The van der Waals surface area contributed by atoms with Crippen molar-refractivity contribution >= 4 is 54.5 Å². The van der Waals surface area contributed by atoms with Gasteiger partial charge in [-0.25, -0.2) is 0 Å². The molecule has 0 aliphatic carbocycles. The zero-order chi connectivity index (χ0) is 34.3. The number of anilines is 2. The van der Waals surface area contributed by atoms with Gasteiger partial charge in [0.2, 0.25) is 0 Å². The van der Waals surface area contributed by atoms with Gasteiger partial charge in [0.05, 0.1) is 0 Å². The summed E-state index contributed by atoms with van der Waals surface area (Å²) in [5.74, 6) is 0. The fourth-order valence-corrected chi connectivity index (χ4v) is 6.07. The molecule has 2 N–H and O–H groups in total. The van der Waals surface area contributed by atoms with Crippen LogP contribution in [0.2, 0.25) is 0 Å². The lowest BCUT2D eigenvalue weighted by atomic mass is 10.0. The molecule has 0 unspecified atom stereocenters. The third-order valence-electron chi connectivity index (χ3n) is 8.71. The fourth-order valence-electron chi connectivity index (χ4n) is 6.07. The van der Waals surface area contributed by atoms with Crippen molar-refractivity contribution in [2.45, 2.75) is 33.1 Å². The Labute approximate surface area is 292 Å². The lowest BCUT2D eigenvalue weighted by molar-refractivity contribution is 0.924. The Bertz CT molecular complexity index is 2120. The molecule has 0 aliphatic heterocycles. The molecule has 8 aromatic rings. The van der Waals surface area contributed by atoms with Crippen molar-refractivity contribution in [3.05, 3.63) is 181 Å². The van der Waals surface area contributed by atoms with Crippen LogP contribution in [0.3, 0.4) is 0 Å². The van der Waals surface area contributed by atoms with Gasteiger partial charge in [-0.05, 0) is 79.9 Å². The van der Waals surface area contributed by atoms with E-state index in [1.54, 1.807) is 0 Å². The highest BCUT2D eigenvalue weighted by atomic mass is 14.8. The van der Waals surface area contributed by atoms with Gasteiger partial charge in [0.15, 0.2) is 0 Å². The van der Waals surface area contributed by atoms with E-state index in [2.05, 4.69) is 194 Å². The average Bonchev–Trinajstić information content (AvgIpc) is 3.18. The number of hydrogen-bond donors (Lipinski definition) is 2. The Balaban J connectivity index is 0.000000127. The van der Waals surface area contributed by atoms with Gasteiger partial charge in [-0.3, -0.25) is 0 Å². The van der Waals surface area contributed by atoms with E-state index in [0.717, 1.165) is 12.1 Å². The van der Waals surface area contributed by atoms with Crippen LogP contribution >= 0.6 is 0 Å². The van der Waals surface area contributed by atoms with E-state index in [9.17, 15) is 0 Å². The average molecular weight is 641 g/mol. The standard InChI is InChI=1S/C13H14.C12H12.2C11H11N/c1-2-5-11-8-9-12-6-3-4-7-13(12)10-11;1-2-10-7-5-8-11-6-3-4-9-12(10)11;1-12-11-8-4-6-9-5-2-3-7-10(9)11;1-12-11-7-6-9-4-2-3-5-10(9)8-11/h3-4,6-10H,2,5H2,1H3;3-9H,2H2,1H3;2*2-8,12H,1H3.